The SMILES string of the molecule is CCC1(C)C/C(=C(\C#N)C(N)=O)CCO1. The van der Waals surface area contributed by atoms with Crippen LogP contribution in [-0.4, -0.2) is 18.1 Å². The molecule has 2 N–H and O–H groups in total. The van der Waals surface area contributed by atoms with Crippen LogP contribution in [0.1, 0.15) is 33.1 Å². The van der Waals surface area contributed by atoms with Crippen LogP contribution in [0.5, 0.6) is 0 Å². The van der Waals surface area contributed by atoms with Gasteiger partial charge >= 0.3 is 0 Å². The molecule has 1 heterocycles. The van der Waals surface area contributed by atoms with Gasteiger partial charge in [-0.05, 0) is 31.8 Å². The number of nitrogens with zero attached hydrogens (tertiary/aromatic N) is 1. The Morgan fingerprint density at radius 2 is 2.40 bits per heavy atom. The predicted octanol–water partition coefficient (Wildman–Crippen LogP) is 1.27. The molecule has 1 rings (SSSR count). The first-order valence-electron chi connectivity index (χ1n) is 5.08. The number of nitrogens with two attached hydrogens (primary N) is 1. The van der Waals surface area contributed by atoms with Crippen molar-refractivity contribution in [3.05, 3.63) is 11.1 Å². The van der Waals surface area contributed by atoms with E-state index in [-0.39, 0.29) is 11.2 Å². The topological polar surface area (TPSA) is 76.1 Å². The van der Waals surface area contributed by atoms with Crippen LogP contribution in [0.4, 0.5) is 0 Å². The van der Waals surface area contributed by atoms with Crippen LogP contribution in [0.15, 0.2) is 11.1 Å². The molecule has 0 aliphatic carbocycles. The lowest BCUT2D eigenvalue weighted by atomic mass is 9.87. The van der Waals surface area contributed by atoms with Crippen molar-refractivity contribution in [2.24, 2.45) is 5.73 Å². The van der Waals surface area contributed by atoms with Crippen molar-refractivity contribution in [2.75, 3.05) is 6.61 Å². The van der Waals surface area contributed by atoms with Gasteiger partial charge in [-0.3, -0.25) is 4.79 Å². The molecule has 1 aliphatic heterocycles. The average molecular weight is 208 g/mol. The maximum absolute atomic E-state index is 11.0. The zero-order valence-corrected chi connectivity index (χ0v) is 9.17. The molecule has 0 bridgehead atoms. The first-order valence-corrected chi connectivity index (χ1v) is 5.08. The van der Waals surface area contributed by atoms with Gasteiger partial charge in [-0.25, -0.2) is 0 Å². The van der Waals surface area contributed by atoms with Gasteiger partial charge in [-0.1, -0.05) is 6.92 Å². The maximum atomic E-state index is 11.0. The lowest BCUT2D eigenvalue weighted by Crippen LogP contribution is -2.34. The Hall–Kier alpha value is -1.34. The van der Waals surface area contributed by atoms with Gasteiger partial charge in [-0.2, -0.15) is 5.26 Å². The first kappa shape index (κ1) is 11.7. The Morgan fingerprint density at radius 1 is 1.73 bits per heavy atom. The summed E-state index contributed by atoms with van der Waals surface area (Å²) in [6.45, 7) is 4.57. The summed E-state index contributed by atoms with van der Waals surface area (Å²) < 4.78 is 5.62. The van der Waals surface area contributed by atoms with Gasteiger partial charge in [0.2, 0.25) is 0 Å². The predicted molar refractivity (Wildman–Crippen MR) is 55.7 cm³/mol. The molecule has 4 heteroatoms. The molecule has 0 aromatic rings. The molecule has 0 aromatic carbocycles. The molecular formula is C11H16N2O2. The highest BCUT2D eigenvalue weighted by Gasteiger charge is 2.30. The zero-order chi connectivity index (χ0) is 11.5. The molecule has 15 heavy (non-hydrogen) atoms. The minimum Gasteiger partial charge on any atom is -0.375 e. The van der Waals surface area contributed by atoms with Crippen molar-refractivity contribution in [3.8, 4) is 6.07 Å². The number of nitriles is 1. The number of amides is 1. The Bertz CT molecular complexity index is 341. The first-order chi connectivity index (χ1) is 7.02. The normalized spacial score (nSPS) is 29.4. The van der Waals surface area contributed by atoms with E-state index in [2.05, 4.69) is 0 Å². The van der Waals surface area contributed by atoms with Crippen LogP contribution >= 0.6 is 0 Å². The fourth-order valence-corrected chi connectivity index (χ4v) is 1.76. The van der Waals surface area contributed by atoms with E-state index in [0.29, 0.717) is 19.4 Å². The molecule has 4 nitrogen and oxygen atoms in total. The Labute approximate surface area is 89.7 Å². The summed E-state index contributed by atoms with van der Waals surface area (Å²) in [5, 5.41) is 8.84. The second-order valence-corrected chi connectivity index (χ2v) is 4.03. The summed E-state index contributed by atoms with van der Waals surface area (Å²) in [6, 6.07) is 1.88. The van der Waals surface area contributed by atoms with Crippen LogP contribution in [-0.2, 0) is 9.53 Å². The summed E-state index contributed by atoms with van der Waals surface area (Å²) >= 11 is 0. The largest absolute Gasteiger partial charge is 0.375 e. The summed E-state index contributed by atoms with van der Waals surface area (Å²) in [5.41, 5.74) is 5.83. The molecule has 0 spiro atoms. The molecule has 1 aliphatic rings. The fourth-order valence-electron chi connectivity index (χ4n) is 1.76. The van der Waals surface area contributed by atoms with Crippen LogP contribution in [0, 0.1) is 11.3 Å². The van der Waals surface area contributed by atoms with Crippen molar-refractivity contribution in [2.45, 2.75) is 38.7 Å². The van der Waals surface area contributed by atoms with E-state index in [1.807, 2.05) is 19.9 Å². The van der Waals surface area contributed by atoms with Crippen molar-refractivity contribution < 1.29 is 9.53 Å². The summed E-state index contributed by atoms with van der Waals surface area (Å²) in [7, 11) is 0. The number of ether oxygens (including phenoxy) is 1. The number of carbonyl (C=O) groups excluding carboxylic acids is 1. The van der Waals surface area contributed by atoms with Crippen LogP contribution < -0.4 is 5.73 Å². The number of primary amides is 1. The molecule has 82 valence electrons. The second kappa shape index (κ2) is 4.45. The minimum absolute atomic E-state index is 0.109. The van der Waals surface area contributed by atoms with Crippen molar-refractivity contribution >= 4 is 5.91 Å². The van der Waals surface area contributed by atoms with Crippen LogP contribution in [0.3, 0.4) is 0 Å². The van der Waals surface area contributed by atoms with E-state index in [1.165, 1.54) is 0 Å². The van der Waals surface area contributed by atoms with Crippen molar-refractivity contribution in [1.82, 2.24) is 0 Å². The van der Waals surface area contributed by atoms with E-state index in [0.717, 1.165) is 12.0 Å². The van der Waals surface area contributed by atoms with E-state index < -0.39 is 5.91 Å². The van der Waals surface area contributed by atoms with Gasteiger partial charge in [-0.15, -0.1) is 0 Å². The van der Waals surface area contributed by atoms with E-state index >= 15 is 0 Å². The highest BCUT2D eigenvalue weighted by molar-refractivity contribution is 5.96. The Balaban J connectivity index is 2.97. The van der Waals surface area contributed by atoms with Crippen LogP contribution in [0.2, 0.25) is 0 Å². The quantitative estimate of drug-likeness (QED) is 0.548. The zero-order valence-electron chi connectivity index (χ0n) is 9.17. The van der Waals surface area contributed by atoms with Gasteiger partial charge in [0, 0.05) is 0 Å². The van der Waals surface area contributed by atoms with Gasteiger partial charge in [0.15, 0.2) is 0 Å². The number of rotatable bonds is 2. The Morgan fingerprint density at radius 3 is 2.87 bits per heavy atom. The highest BCUT2D eigenvalue weighted by atomic mass is 16.5. The molecule has 1 amide bonds. The third-order valence-electron chi connectivity index (χ3n) is 2.90. The summed E-state index contributed by atoms with van der Waals surface area (Å²) in [4.78, 5) is 11.0. The summed E-state index contributed by atoms with van der Waals surface area (Å²) in [5.74, 6) is -0.632. The molecule has 0 saturated carbocycles. The molecule has 1 fully saturated rings. The molecule has 1 atom stereocenters. The molecular weight excluding hydrogens is 192 g/mol. The monoisotopic (exact) mass is 208 g/mol. The molecule has 1 unspecified atom stereocenters. The van der Waals surface area contributed by atoms with Gasteiger partial charge in [0.05, 0.1) is 12.2 Å². The van der Waals surface area contributed by atoms with Crippen LogP contribution in [0.25, 0.3) is 0 Å². The lowest BCUT2D eigenvalue weighted by molar-refractivity contribution is -0.114. The molecule has 0 radical (unpaired) electrons. The fraction of sp³-hybridized carbons (Fsp3) is 0.636. The lowest BCUT2D eigenvalue weighted by Gasteiger charge is -2.34. The van der Waals surface area contributed by atoms with Gasteiger partial charge in [0.25, 0.3) is 5.91 Å². The number of carbonyl (C=O) groups is 1. The van der Waals surface area contributed by atoms with Gasteiger partial charge < -0.3 is 10.5 Å². The van der Waals surface area contributed by atoms with E-state index in [9.17, 15) is 4.79 Å². The van der Waals surface area contributed by atoms with E-state index in [1.54, 1.807) is 0 Å². The smallest absolute Gasteiger partial charge is 0.259 e. The third kappa shape index (κ3) is 2.57. The standard InChI is InChI=1S/C11H16N2O2/c1-3-11(2)6-8(4-5-15-11)9(7-12)10(13)14/h3-6H2,1-2H3,(H2,13,14)/b9-8+. The van der Waals surface area contributed by atoms with Gasteiger partial charge in [0.1, 0.15) is 11.6 Å². The minimum atomic E-state index is -0.632. The average Bonchev–Trinajstić information content (AvgIpc) is 2.18. The molecule has 1 saturated heterocycles. The third-order valence-corrected chi connectivity index (χ3v) is 2.90. The Kier molecular flexibility index (Phi) is 3.48. The maximum Gasteiger partial charge on any atom is 0.259 e. The van der Waals surface area contributed by atoms with Crippen molar-refractivity contribution in [1.29, 1.82) is 5.26 Å². The molecule has 0 aromatic heterocycles. The van der Waals surface area contributed by atoms with E-state index in [4.69, 9.17) is 15.7 Å². The summed E-state index contributed by atoms with van der Waals surface area (Å²) in [6.07, 6.45) is 2.10. The van der Waals surface area contributed by atoms with Crippen molar-refractivity contribution in [3.63, 3.8) is 0 Å². The second-order valence-electron chi connectivity index (χ2n) is 4.03. The highest BCUT2D eigenvalue weighted by Crippen LogP contribution is 2.32. The number of hydrogen-bond donors (Lipinski definition) is 1. The number of hydrogen-bond acceptors (Lipinski definition) is 3.